The molecule has 0 heterocycles. The summed E-state index contributed by atoms with van der Waals surface area (Å²) in [6, 6.07) is -1.38. The molecule has 48 heavy (non-hydrogen) atoms. The highest BCUT2D eigenvalue weighted by Crippen LogP contribution is 2.15. The lowest BCUT2D eigenvalue weighted by atomic mass is 10.0. The fraction of sp³-hybridized carbons (Fsp3) is 0.795. The predicted octanol–water partition coefficient (Wildman–Crippen LogP) is 8.48. The maximum absolute atomic E-state index is 12.6. The number of hydrogen-bond acceptors (Lipinski definition) is 6. The van der Waals surface area contributed by atoms with Crippen LogP contribution in [0.4, 0.5) is 0 Å². The molecular weight excluding hydrogens is 608 g/mol. The molecule has 2 amide bonds. The number of carboxylic acids is 1. The molecule has 0 spiro atoms. The first-order valence-corrected chi connectivity index (χ1v) is 19.2. The molecule has 0 aromatic carbocycles. The number of esters is 1. The Kier molecular flexibility index (Phi) is 32.3. The molecule has 0 aliphatic rings. The van der Waals surface area contributed by atoms with Crippen LogP contribution < -0.4 is 10.6 Å². The van der Waals surface area contributed by atoms with Gasteiger partial charge in [0.05, 0.1) is 13.2 Å². The highest BCUT2D eigenvalue weighted by molar-refractivity contribution is 5.87. The van der Waals surface area contributed by atoms with Gasteiger partial charge in [0.2, 0.25) is 11.8 Å². The van der Waals surface area contributed by atoms with Crippen LogP contribution in [-0.4, -0.2) is 59.3 Å². The van der Waals surface area contributed by atoms with E-state index in [4.69, 9.17) is 14.9 Å². The molecule has 278 valence electrons. The van der Waals surface area contributed by atoms with E-state index in [9.17, 15) is 19.2 Å². The number of aliphatic hydroxyl groups excluding tert-OH is 1. The quantitative estimate of drug-likeness (QED) is 0.0304. The average molecular weight is 679 g/mol. The minimum Gasteiger partial charge on any atom is -0.480 e. The fourth-order valence-electron chi connectivity index (χ4n) is 5.37. The van der Waals surface area contributed by atoms with Crippen LogP contribution in [0.5, 0.6) is 0 Å². The Bertz CT molecular complexity index is 874. The molecule has 0 aromatic rings. The van der Waals surface area contributed by atoms with Gasteiger partial charge in [-0.15, -0.1) is 0 Å². The van der Waals surface area contributed by atoms with Gasteiger partial charge in [-0.2, -0.15) is 0 Å². The van der Waals surface area contributed by atoms with Crippen molar-refractivity contribution in [2.24, 2.45) is 0 Å². The third kappa shape index (κ3) is 30.6. The van der Waals surface area contributed by atoms with E-state index in [1.54, 1.807) is 0 Å². The zero-order valence-electron chi connectivity index (χ0n) is 30.5. The smallest absolute Gasteiger partial charge is 0.328 e. The molecule has 0 saturated heterocycles. The first-order valence-electron chi connectivity index (χ1n) is 19.2. The van der Waals surface area contributed by atoms with Gasteiger partial charge in [-0.1, -0.05) is 122 Å². The average Bonchev–Trinajstić information content (AvgIpc) is 3.07. The highest BCUT2D eigenvalue weighted by Gasteiger charge is 2.18. The number of aliphatic hydroxyl groups is 1. The number of carbonyl (C=O) groups excluding carboxylic acids is 3. The van der Waals surface area contributed by atoms with E-state index >= 15 is 0 Å². The molecule has 0 saturated carbocycles. The van der Waals surface area contributed by atoms with E-state index in [2.05, 4.69) is 48.8 Å². The van der Waals surface area contributed by atoms with Crippen molar-refractivity contribution in [2.45, 2.75) is 187 Å². The first-order chi connectivity index (χ1) is 23.3. The van der Waals surface area contributed by atoms with Gasteiger partial charge in [-0.25, -0.2) is 4.79 Å². The monoisotopic (exact) mass is 679 g/mol. The zero-order chi connectivity index (χ0) is 35.5. The van der Waals surface area contributed by atoms with Crippen LogP contribution in [0, 0.1) is 0 Å². The van der Waals surface area contributed by atoms with Crippen LogP contribution >= 0.6 is 0 Å². The molecule has 0 fully saturated rings. The van der Waals surface area contributed by atoms with Crippen LogP contribution in [0.15, 0.2) is 24.3 Å². The van der Waals surface area contributed by atoms with Crippen molar-refractivity contribution in [3.8, 4) is 0 Å². The zero-order valence-corrected chi connectivity index (χ0v) is 30.5. The lowest BCUT2D eigenvalue weighted by Crippen LogP contribution is -2.47. The molecule has 0 bridgehead atoms. The van der Waals surface area contributed by atoms with Gasteiger partial charge in [0, 0.05) is 12.8 Å². The maximum atomic E-state index is 12.6. The third-order valence-electron chi connectivity index (χ3n) is 8.41. The van der Waals surface area contributed by atoms with Crippen LogP contribution in [-0.2, 0) is 23.9 Å². The van der Waals surface area contributed by atoms with Crippen molar-refractivity contribution >= 4 is 23.8 Å². The number of unbranched alkanes of at least 4 members (excludes halogenated alkanes) is 18. The number of aliphatic carboxylic acids is 1. The van der Waals surface area contributed by atoms with E-state index in [1.165, 1.54) is 77.0 Å². The fourth-order valence-corrected chi connectivity index (χ4v) is 5.37. The molecule has 0 aliphatic carbocycles. The number of allylic oxidation sites excluding steroid dienone is 3. The lowest BCUT2D eigenvalue weighted by molar-refractivity contribution is -0.147. The number of carbonyl (C=O) groups is 4. The summed E-state index contributed by atoms with van der Waals surface area (Å²) in [4.78, 5) is 47.2. The van der Waals surface area contributed by atoms with E-state index < -0.39 is 24.5 Å². The topological polar surface area (TPSA) is 142 Å². The molecule has 2 atom stereocenters. The van der Waals surface area contributed by atoms with Gasteiger partial charge < -0.3 is 25.6 Å². The van der Waals surface area contributed by atoms with E-state index in [-0.39, 0.29) is 24.5 Å². The van der Waals surface area contributed by atoms with Crippen LogP contribution in [0.2, 0.25) is 0 Å². The number of carboxylic acid groups (broad SMARTS) is 1. The molecule has 9 nitrogen and oxygen atoms in total. The summed E-state index contributed by atoms with van der Waals surface area (Å²) in [5.41, 5.74) is 0. The summed E-state index contributed by atoms with van der Waals surface area (Å²) in [5, 5.41) is 22.4. The molecule has 0 radical (unpaired) electrons. The Labute approximate surface area is 292 Å². The van der Waals surface area contributed by atoms with Gasteiger partial charge in [-0.05, 0) is 63.9 Å². The highest BCUT2D eigenvalue weighted by atomic mass is 16.5. The van der Waals surface area contributed by atoms with Crippen LogP contribution in [0.25, 0.3) is 0 Å². The Morgan fingerprint density at radius 1 is 0.625 bits per heavy atom. The molecule has 0 rings (SSSR count). The van der Waals surface area contributed by atoms with E-state index in [1.807, 2.05) is 0 Å². The molecule has 4 N–H and O–H groups in total. The van der Waals surface area contributed by atoms with Crippen molar-refractivity contribution in [1.29, 1.82) is 0 Å². The first kappa shape index (κ1) is 45.3. The second-order valence-corrected chi connectivity index (χ2v) is 13.0. The normalized spacial score (nSPS) is 12.7. The minimum absolute atomic E-state index is 0.0890. The second-order valence-electron chi connectivity index (χ2n) is 13.0. The third-order valence-corrected chi connectivity index (χ3v) is 8.41. The molecule has 0 aliphatic heterocycles. The van der Waals surface area contributed by atoms with Crippen molar-refractivity contribution in [2.75, 3.05) is 13.2 Å². The second kappa shape index (κ2) is 34.2. The van der Waals surface area contributed by atoms with Crippen molar-refractivity contribution < 1.29 is 34.1 Å². The molecule has 2 unspecified atom stereocenters. The predicted molar refractivity (Wildman–Crippen MR) is 195 cm³/mol. The van der Waals surface area contributed by atoms with E-state index in [0.29, 0.717) is 19.3 Å². The van der Waals surface area contributed by atoms with Gasteiger partial charge in [-0.3, -0.25) is 14.4 Å². The van der Waals surface area contributed by atoms with Crippen molar-refractivity contribution in [1.82, 2.24) is 10.6 Å². The van der Waals surface area contributed by atoms with E-state index in [0.717, 1.165) is 64.2 Å². The van der Waals surface area contributed by atoms with Crippen LogP contribution in [0.1, 0.15) is 174 Å². The van der Waals surface area contributed by atoms with Crippen molar-refractivity contribution in [3.05, 3.63) is 24.3 Å². The molecule has 0 aromatic heterocycles. The maximum Gasteiger partial charge on any atom is 0.328 e. The number of ether oxygens (including phenoxy) is 1. The van der Waals surface area contributed by atoms with Gasteiger partial charge in [0.1, 0.15) is 12.1 Å². The molecule has 9 heteroatoms. The summed E-state index contributed by atoms with van der Waals surface area (Å²) in [6.45, 7) is 3.42. The van der Waals surface area contributed by atoms with Crippen molar-refractivity contribution in [3.63, 3.8) is 0 Å². The Morgan fingerprint density at radius 2 is 1.15 bits per heavy atom. The summed E-state index contributed by atoms with van der Waals surface area (Å²) in [7, 11) is 0. The number of nitrogens with one attached hydrogen (secondary N) is 2. The summed E-state index contributed by atoms with van der Waals surface area (Å²) in [5.74, 6) is -2.34. The largest absolute Gasteiger partial charge is 0.480 e. The number of amides is 2. The number of rotatable bonds is 34. The summed E-state index contributed by atoms with van der Waals surface area (Å²) >= 11 is 0. The summed E-state index contributed by atoms with van der Waals surface area (Å²) < 4.78 is 5.90. The Morgan fingerprint density at radius 3 is 1.75 bits per heavy atom. The Balaban J connectivity index is 4.26. The minimum atomic E-state index is -1.38. The lowest BCUT2D eigenvalue weighted by Gasteiger charge is -2.15. The van der Waals surface area contributed by atoms with Gasteiger partial charge >= 0.3 is 11.9 Å². The number of hydrogen-bond donors (Lipinski definition) is 4. The summed E-state index contributed by atoms with van der Waals surface area (Å²) in [6.07, 6.45) is 35.1. The standard InChI is InChI=1S/C39H70N2O7/c1-3-5-7-9-11-13-14-15-17-23-27-31-38(45)48-34(28-24-20-16-12-10-8-6-4-2)29-25-21-18-19-22-26-30-36(43)40-32-37(44)41-35(33-42)39(46)47/h9,11,24,28,34-35,42H,3-8,10,12-23,25-27,29-33H2,1-2H3,(H,40,43)(H,41,44)(H,46,47)/b11-9-,28-24-. The SMILES string of the molecule is CCCC/C=C\CCCCCCCC(=O)OC(/C=C\CCCCCCCC)CCCCCCCCC(=O)NCC(=O)NC(CO)C(=O)O. The van der Waals surface area contributed by atoms with Gasteiger partial charge in [0.25, 0.3) is 0 Å². The molecular formula is C39H70N2O7. The van der Waals surface area contributed by atoms with Gasteiger partial charge in [0.15, 0.2) is 0 Å². The Hall–Kier alpha value is -2.68. The van der Waals surface area contributed by atoms with Crippen LogP contribution in [0.3, 0.4) is 0 Å².